The van der Waals surface area contributed by atoms with Gasteiger partial charge in [0.15, 0.2) is 0 Å². The number of hydrogen-bond acceptors (Lipinski definition) is 0. The van der Waals surface area contributed by atoms with E-state index in [4.69, 9.17) is 0 Å². The molecule has 4 aromatic carbocycles. The molecule has 0 bridgehead atoms. The number of halogens is 1. The predicted molar refractivity (Wildman–Crippen MR) is 150 cm³/mol. The normalized spacial score (nSPS) is 18.2. The summed E-state index contributed by atoms with van der Waals surface area (Å²) < 4.78 is 3.48. The van der Waals surface area contributed by atoms with Crippen molar-refractivity contribution < 1.29 is 0 Å². The van der Waals surface area contributed by atoms with E-state index >= 15 is 0 Å². The van der Waals surface area contributed by atoms with Gasteiger partial charge >= 0.3 is 0 Å². The second kappa shape index (κ2) is 7.85. The summed E-state index contributed by atoms with van der Waals surface area (Å²) in [4.78, 5) is 0. The van der Waals surface area contributed by atoms with Crippen LogP contribution in [0.25, 0.3) is 38.3 Å². The third-order valence-electron chi connectivity index (χ3n) is 7.29. The predicted octanol–water partition coefficient (Wildman–Crippen LogP) is 9.16. The number of nitrogens with zero attached hydrogens (tertiary/aromatic N) is 1. The molecule has 1 nitrogen and oxygen atoms in total. The van der Waals surface area contributed by atoms with E-state index in [-0.39, 0.29) is 5.41 Å². The second-order valence-corrected chi connectivity index (χ2v) is 10.6. The highest BCUT2D eigenvalue weighted by Gasteiger charge is 2.27. The standard InChI is InChI=1S/C32H26BrN/c1-21-17-25(33)12-8-11-22-15-16-26(20-29(22)32(21,2)3)34-30-14-7-6-13-27(30)28-18-23-9-4-5-10-24(23)19-31(28)34/h4-10,12-20H,1,11H2,2-3H3/b12-8-,25-17+. The van der Waals surface area contributed by atoms with Crippen molar-refractivity contribution in [1.29, 1.82) is 0 Å². The van der Waals surface area contributed by atoms with Gasteiger partial charge in [-0.1, -0.05) is 97.0 Å². The maximum atomic E-state index is 4.44. The third-order valence-corrected chi connectivity index (χ3v) is 7.79. The van der Waals surface area contributed by atoms with Crippen molar-refractivity contribution in [2.75, 3.05) is 0 Å². The number of para-hydroxylation sites is 1. The maximum Gasteiger partial charge on any atom is 0.0547 e. The van der Waals surface area contributed by atoms with Crippen molar-refractivity contribution in [1.82, 2.24) is 4.57 Å². The lowest BCUT2D eigenvalue weighted by Gasteiger charge is -2.29. The van der Waals surface area contributed by atoms with Crippen LogP contribution >= 0.6 is 15.9 Å². The molecule has 0 unspecified atom stereocenters. The molecule has 0 atom stereocenters. The molecule has 0 fully saturated rings. The Bertz CT molecular complexity index is 1680. The number of hydrogen-bond donors (Lipinski definition) is 0. The molecule has 5 aromatic rings. The van der Waals surface area contributed by atoms with E-state index in [1.54, 1.807) is 0 Å². The fraction of sp³-hybridized carbons (Fsp3) is 0.125. The van der Waals surface area contributed by atoms with Crippen LogP contribution in [-0.2, 0) is 11.8 Å². The van der Waals surface area contributed by atoms with Crippen LogP contribution in [0.2, 0.25) is 0 Å². The fourth-order valence-electron chi connectivity index (χ4n) is 5.26. The third kappa shape index (κ3) is 3.28. The molecule has 0 aliphatic heterocycles. The van der Waals surface area contributed by atoms with Crippen LogP contribution in [0, 0.1) is 0 Å². The van der Waals surface area contributed by atoms with Gasteiger partial charge in [0.25, 0.3) is 0 Å². The van der Waals surface area contributed by atoms with Gasteiger partial charge in [0.2, 0.25) is 0 Å². The van der Waals surface area contributed by atoms with Crippen LogP contribution in [0.3, 0.4) is 0 Å². The largest absolute Gasteiger partial charge is 0.309 e. The molecule has 6 rings (SSSR count). The first-order valence-corrected chi connectivity index (χ1v) is 12.5. The van der Waals surface area contributed by atoms with E-state index in [1.807, 2.05) is 0 Å². The Balaban J connectivity index is 1.66. The van der Waals surface area contributed by atoms with Gasteiger partial charge in [-0.3, -0.25) is 0 Å². The monoisotopic (exact) mass is 503 g/mol. The minimum Gasteiger partial charge on any atom is -0.309 e. The average Bonchev–Trinajstić information content (AvgIpc) is 3.16. The summed E-state index contributed by atoms with van der Waals surface area (Å²) in [7, 11) is 0. The highest BCUT2D eigenvalue weighted by Crippen LogP contribution is 2.39. The Kier molecular flexibility index (Phi) is 4.89. The van der Waals surface area contributed by atoms with Gasteiger partial charge in [-0.2, -0.15) is 0 Å². The number of aromatic nitrogens is 1. The number of fused-ring (bicyclic) bond motifs is 5. The minimum absolute atomic E-state index is 0.193. The lowest BCUT2D eigenvalue weighted by Crippen LogP contribution is -2.21. The van der Waals surface area contributed by atoms with Crippen LogP contribution in [0.1, 0.15) is 25.0 Å². The summed E-state index contributed by atoms with van der Waals surface area (Å²) in [6.07, 6.45) is 7.39. The van der Waals surface area contributed by atoms with E-state index in [2.05, 4.69) is 138 Å². The van der Waals surface area contributed by atoms with Gasteiger partial charge in [-0.25, -0.2) is 0 Å². The summed E-state index contributed by atoms with van der Waals surface area (Å²) in [5.41, 5.74) is 7.22. The smallest absolute Gasteiger partial charge is 0.0547 e. The highest BCUT2D eigenvalue weighted by molar-refractivity contribution is 9.11. The van der Waals surface area contributed by atoms with Crippen LogP contribution < -0.4 is 0 Å². The molecule has 34 heavy (non-hydrogen) atoms. The zero-order chi connectivity index (χ0) is 23.4. The molecular weight excluding hydrogens is 478 g/mol. The molecule has 0 saturated carbocycles. The number of rotatable bonds is 1. The lowest BCUT2D eigenvalue weighted by atomic mass is 9.75. The Morgan fingerprint density at radius 1 is 0.824 bits per heavy atom. The minimum atomic E-state index is -0.193. The molecule has 1 aliphatic rings. The van der Waals surface area contributed by atoms with Crippen molar-refractivity contribution in [3.63, 3.8) is 0 Å². The number of allylic oxidation sites excluding steroid dienone is 5. The zero-order valence-electron chi connectivity index (χ0n) is 19.5. The SMILES string of the molecule is C=C1/C=C(Br)\C=C/Cc2ccc(-n3c4ccccc4c4cc5ccccc5cc43)cc2C1(C)C. The maximum absolute atomic E-state index is 4.44. The van der Waals surface area contributed by atoms with Crippen LogP contribution in [-0.4, -0.2) is 4.57 Å². The van der Waals surface area contributed by atoms with Gasteiger partial charge in [-0.15, -0.1) is 0 Å². The van der Waals surface area contributed by atoms with Crippen molar-refractivity contribution in [2.45, 2.75) is 25.7 Å². The fourth-order valence-corrected chi connectivity index (χ4v) is 5.73. The van der Waals surface area contributed by atoms with E-state index in [0.717, 1.165) is 16.5 Å². The average molecular weight is 504 g/mol. The quantitative estimate of drug-likeness (QED) is 0.215. The summed E-state index contributed by atoms with van der Waals surface area (Å²) in [6, 6.07) is 29.0. The summed E-state index contributed by atoms with van der Waals surface area (Å²) in [5.74, 6) is 0. The molecule has 0 saturated heterocycles. The van der Waals surface area contributed by atoms with E-state index in [0.29, 0.717) is 0 Å². The Morgan fingerprint density at radius 3 is 2.38 bits per heavy atom. The molecular formula is C32H26BrN. The second-order valence-electron chi connectivity index (χ2n) is 9.70. The van der Waals surface area contributed by atoms with Crippen molar-refractivity contribution in [3.8, 4) is 5.69 Å². The van der Waals surface area contributed by atoms with Gasteiger partial charge in [0, 0.05) is 26.4 Å². The molecule has 0 radical (unpaired) electrons. The zero-order valence-corrected chi connectivity index (χ0v) is 21.1. The van der Waals surface area contributed by atoms with Gasteiger partial charge < -0.3 is 4.57 Å². The van der Waals surface area contributed by atoms with Gasteiger partial charge in [-0.05, 0) is 70.3 Å². The first-order valence-electron chi connectivity index (χ1n) is 11.7. The Hall–Kier alpha value is -3.36. The van der Waals surface area contributed by atoms with Crippen LogP contribution in [0.5, 0.6) is 0 Å². The topological polar surface area (TPSA) is 4.93 Å². The Morgan fingerprint density at radius 2 is 1.56 bits per heavy atom. The number of benzene rings is 4. The van der Waals surface area contributed by atoms with Gasteiger partial charge in [0.05, 0.1) is 11.0 Å². The van der Waals surface area contributed by atoms with Crippen molar-refractivity contribution >= 4 is 48.5 Å². The van der Waals surface area contributed by atoms with Crippen LogP contribution in [0.4, 0.5) is 0 Å². The molecule has 0 N–H and O–H groups in total. The first-order chi connectivity index (χ1) is 16.4. The van der Waals surface area contributed by atoms with Gasteiger partial charge in [0.1, 0.15) is 0 Å². The molecule has 1 heterocycles. The summed E-state index contributed by atoms with van der Waals surface area (Å²) >= 11 is 3.67. The Labute approximate surface area is 208 Å². The van der Waals surface area contributed by atoms with Crippen molar-refractivity contribution in [3.05, 3.63) is 125 Å². The van der Waals surface area contributed by atoms with Crippen LogP contribution in [0.15, 0.2) is 114 Å². The lowest BCUT2D eigenvalue weighted by molar-refractivity contribution is 0.634. The first kappa shape index (κ1) is 21.2. The van der Waals surface area contributed by atoms with E-state index in [9.17, 15) is 0 Å². The molecule has 1 aliphatic carbocycles. The summed E-state index contributed by atoms with van der Waals surface area (Å²) in [5, 5.41) is 5.10. The van der Waals surface area contributed by atoms with Crippen molar-refractivity contribution in [2.24, 2.45) is 0 Å². The molecule has 2 heteroatoms. The molecule has 166 valence electrons. The molecule has 1 aromatic heterocycles. The van der Waals surface area contributed by atoms with E-state index < -0.39 is 0 Å². The molecule has 0 spiro atoms. The highest BCUT2D eigenvalue weighted by atomic mass is 79.9. The van der Waals surface area contributed by atoms with E-state index in [1.165, 1.54) is 49.4 Å². The summed E-state index contributed by atoms with van der Waals surface area (Å²) in [6.45, 7) is 8.99. The molecule has 0 amide bonds.